The van der Waals surface area contributed by atoms with E-state index < -0.39 is 0 Å². The molecule has 5 heteroatoms. The lowest BCUT2D eigenvalue weighted by Gasteiger charge is -2.31. The van der Waals surface area contributed by atoms with E-state index in [0.29, 0.717) is 5.56 Å². The largest absolute Gasteiger partial charge is 0.497 e. The van der Waals surface area contributed by atoms with E-state index in [2.05, 4.69) is 78.2 Å². The molecule has 0 aliphatic heterocycles. The molecule has 0 fully saturated rings. The molecule has 0 saturated carbocycles. The zero-order chi connectivity index (χ0) is 25.0. The SMILES string of the molecule is COC(=O)c1cccc(C(C2=C(CCCSC)c3ccccc3[C@]2(C)I)c2ccc(OC)cc2)c1. The van der Waals surface area contributed by atoms with Gasteiger partial charge in [0.2, 0.25) is 0 Å². The van der Waals surface area contributed by atoms with Gasteiger partial charge in [-0.15, -0.1) is 0 Å². The number of hydrogen-bond donors (Lipinski definition) is 0. The van der Waals surface area contributed by atoms with Gasteiger partial charge in [0.1, 0.15) is 5.75 Å². The minimum absolute atomic E-state index is 0.0101. The molecule has 1 unspecified atom stereocenters. The maximum atomic E-state index is 12.4. The van der Waals surface area contributed by atoms with Crippen LogP contribution in [0.15, 0.2) is 78.4 Å². The molecule has 0 bridgehead atoms. The number of carbonyl (C=O) groups excluding carboxylic acids is 1. The van der Waals surface area contributed by atoms with Gasteiger partial charge in [-0.2, -0.15) is 11.8 Å². The second kappa shape index (κ2) is 11.2. The number of hydrogen-bond acceptors (Lipinski definition) is 4. The normalized spacial score (nSPS) is 17.7. The Bertz CT molecular complexity index is 1230. The van der Waals surface area contributed by atoms with Crippen molar-refractivity contribution in [3.8, 4) is 5.75 Å². The number of thioether (sulfide) groups is 1. The molecule has 1 aliphatic carbocycles. The van der Waals surface area contributed by atoms with E-state index in [1.165, 1.54) is 34.9 Å². The quantitative estimate of drug-likeness (QED) is 0.109. The predicted octanol–water partition coefficient (Wildman–Crippen LogP) is 7.87. The van der Waals surface area contributed by atoms with Gasteiger partial charge in [0.05, 0.1) is 23.2 Å². The molecule has 0 radical (unpaired) electrons. The zero-order valence-electron chi connectivity index (χ0n) is 20.6. The molecule has 3 aromatic carbocycles. The Balaban J connectivity index is 1.96. The van der Waals surface area contributed by atoms with Crippen molar-refractivity contribution in [3.63, 3.8) is 0 Å². The molecule has 182 valence electrons. The molecule has 3 nitrogen and oxygen atoms in total. The van der Waals surface area contributed by atoms with Crippen LogP contribution in [-0.4, -0.2) is 32.2 Å². The van der Waals surface area contributed by atoms with Crippen LogP contribution in [0.25, 0.3) is 5.57 Å². The number of benzene rings is 3. The van der Waals surface area contributed by atoms with Gasteiger partial charge in [-0.3, -0.25) is 0 Å². The lowest BCUT2D eigenvalue weighted by molar-refractivity contribution is 0.0600. The summed E-state index contributed by atoms with van der Waals surface area (Å²) in [5.41, 5.74) is 8.37. The lowest BCUT2D eigenvalue weighted by atomic mass is 9.78. The number of allylic oxidation sites excluding steroid dienone is 2. The zero-order valence-corrected chi connectivity index (χ0v) is 23.6. The van der Waals surface area contributed by atoms with Gasteiger partial charge >= 0.3 is 5.97 Å². The van der Waals surface area contributed by atoms with E-state index in [4.69, 9.17) is 9.47 Å². The summed E-state index contributed by atoms with van der Waals surface area (Å²) in [5.74, 6) is 1.63. The fraction of sp³-hybridized carbons (Fsp3) is 0.300. The summed E-state index contributed by atoms with van der Waals surface area (Å²) in [6.07, 6.45) is 4.31. The number of ether oxygens (including phenoxy) is 2. The van der Waals surface area contributed by atoms with Crippen molar-refractivity contribution in [2.45, 2.75) is 29.1 Å². The van der Waals surface area contributed by atoms with Gasteiger partial charge in [0, 0.05) is 5.92 Å². The Morgan fingerprint density at radius 2 is 1.74 bits per heavy atom. The number of rotatable bonds is 9. The van der Waals surface area contributed by atoms with Crippen LogP contribution in [0.3, 0.4) is 0 Å². The smallest absolute Gasteiger partial charge is 0.337 e. The molecular formula is C30H31IO3S. The number of fused-ring (bicyclic) bond motifs is 1. The topological polar surface area (TPSA) is 35.5 Å². The van der Waals surface area contributed by atoms with Crippen molar-refractivity contribution in [2.75, 3.05) is 26.2 Å². The molecule has 4 rings (SSSR count). The van der Waals surface area contributed by atoms with Crippen LogP contribution in [-0.2, 0) is 8.16 Å². The number of esters is 1. The molecule has 0 saturated heterocycles. The molecule has 1 aliphatic rings. The van der Waals surface area contributed by atoms with Crippen LogP contribution in [0.2, 0.25) is 0 Å². The summed E-state index contributed by atoms with van der Waals surface area (Å²) in [6.45, 7) is 2.32. The molecule has 0 heterocycles. The van der Waals surface area contributed by atoms with Gasteiger partial charge in [-0.1, -0.05) is 71.1 Å². The first-order chi connectivity index (χ1) is 16.9. The first kappa shape index (κ1) is 25.8. The molecule has 35 heavy (non-hydrogen) atoms. The van der Waals surface area contributed by atoms with E-state index >= 15 is 0 Å². The molecular weight excluding hydrogens is 567 g/mol. The van der Waals surface area contributed by atoms with Gasteiger partial charge in [0.15, 0.2) is 0 Å². The van der Waals surface area contributed by atoms with Crippen LogP contribution >= 0.6 is 34.4 Å². The van der Waals surface area contributed by atoms with Crippen LogP contribution in [0, 0.1) is 0 Å². The first-order valence-corrected chi connectivity index (χ1v) is 14.2. The average Bonchev–Trinajstić information content (AvgIpc) is 3.11. The third kappa shape index (κ3) is 5.17. The molecule has 0 N–H and O–H groups in total. The minimum Gasteiger partial charge on any atom is -0.497 e. The van der Waals surface area contributed by atoms with Crippen molar-refractivity contribution >= 4 is 45.9 Å². The Kier molecular flexibility index (Phi) is 8.27. The monoisotopic (exact) mass is 598 g/mol. The Hall–Kier alpha value is -2.25. The molecule has 0 aromatic heterocycles. The summed E-state index contributed by atoms with van der Waals surface area (Å²) in [6, 6.07) is 25.0. The van der Waals surface area contributed by atoms with Gasteiger partial charge in [0.25, 0.3) is 0 Å². The molecule has 3 aromatic rings. The standard InChI is InChI=1S/C30H31IO3S/c1-30(31)26-13-6-5-11-24(26)25(12-8-18-35-4)28(30)27(20-14-16-23(33-2)17-15-20)21-9-7-10-22(19-21)29(32)34-3/h5-7,9-11,13-17,19,27H,8,12,18H2,1-4H3/t27?,30-/m0/s1. The molecule has 0 amide bonds. The van der Waals surface area contributed by atoms with Crippen molar-refractivity contribution in [1.82, 2.24) is 0 Å². The predicted molar refractivity (Wildman–Crippen MR) is 155 cm³/mol. The van der Waals surface area contributed by atoms with E-state index in [1.807, 2.05) is 42.1 Å². The summed E-state index contributed by atoms with van der Waals surface area (Å²) in [4.78, 5) is 12.4. The Morgan fingerprint density at radius 3 is 2.43 bits per heavy atom. The maximum Gasteiger partial charge on any atom is 0.337 e. The highest BCUT2D eigenvalue weighted by Crippen LogP contribution is 2.58. The van der Waals surface area contributed by atoms with Crippen molar-refractivity contribution in [1.29, 1.82) is 0 Å². The number of methoxy groups -OCH3 is 2. The summed E-state index contributed by atoms with van der Waals surface area (Å²) in [7, 11) is 3.12. The first-order valence-electron chi connectivity index (χ1n) is 11.8. The fourth-order valence-electron chi connectivity index (χ4n) is 5.12. The van der Waals surface area contributed by atoms with Gasteiger partial charge in [-0.25, -0.2) is 4.79 Å². The lowest BCUT2D eigenvalue weighted by Crippen LogP contribution is -2.20. The van der Waals surface area contributed by atoms with E-state index in [9.17, 15) is 4.79 Å². The number of halogens is 1. The van der Waals surface area contributed by atoms with Crippen LogP contribution < -0.4 is 4.74 Å². The highest BCUT2D eigenvalue weighted by molar-refractivity contribution is 14.1. The highest BCUT2D eigenvalue weighted by Gasteiger charge is 2.43. The van der Waals surface area contributed by atoms with Crippen LogP contribution in [0.1, 0.15) is 58.3 Å². The van der Waals surface area contributed by atoms with Crippen molar-refractivity contribution < 1.29 is 14.3 Å². The Labute approximate surface area is 226 Å². The van der Waals surface area contributed by atoms with Crippen molar-refractivity contribution in [3.05, 3.63) is 106 Å². The van der Waals surface area contributed by atoms with Gasteiger partial charge in [-0.05, 0) is 89.4 Å². The van der Waals surface area contributed by atoms with E-state index in [1.54, 1.807) is 7.11 Å². The summed E-state index contributed by atoms with van der Waals surface area (Å²) < 4.78 is 10.3. The van der Waals surface area contributed by atoms with Gasteiger partial charge < -0.3 is 9.47 Å². The third-order valence-electron chi connectivity index (χ3n) is 6.74. The molecule has 0 spiro atoms. The average molecular weight is 599 g/mol. The second-order valence-electron chi connectivity index (χ2n) is 8.86. The number of alkyl halides is 1. The second-order valence-corrected chi connectivity index (χ2v) is 12.0. The summed E-state index contributed by atoms with van der Waals surface area (Å²) in [5, 5.41) is 0. The highest BCUT2D eigenvalue weighted by atomic mass is 127. The van der Waals surface area contributed by atoms with Crippen LogP contribution in [0.4, 0.5) is 0 Å². The van der Waals surface area contributed by atoms with E-state index in [0.717, 1.165) is 29.9 Å². The number of carbonyl (C=O) groups is 1. The maximum absolute atomic E-state index is 12.4. The fourth-order valence-corrected chi connectivity index (χ4v) is 6.66. The Morgan fingerprint density at radius 1 is 1.00 bits per heavy atom. The van der Waals surface area contributed by atoms with E-state index in [-0.39, 0.29) is 15.3 Å². The summed E-state index contributed by atoms with van der Waals surface area (Å²) >= 11 is 4.52. The molecule has 2 atom stereocenters. The minimum atomic E-state index is -0.318. The van der Waals surface area contributed by atoms with Crippen molar-refractivity contribution in [2.24, 2.45) is 0 Å². The van der Waals surface area contributed by atoms with Crippen LogP contribution in [0.5, 0.6) is 5.75 Å². The third-order valence-corrected chi connectivity index (χ3v) is 8.60.